The molecule has 0 spiro atoms. The van der Waals surface area contributed by atoms with Crippen LogP contribution >= 0.6 is 0 Å². The maximum Gasteiger partial charge on any atom is 0.234 e. The quantitative estimate of drug-likeness (QED) is 0.632. The topological polar surface area (TPSA) is 122 Å². The average Bonchev–Trinajstić information content (AvgIpc) is 3.02. The number of carbonyl (C=O) groups is 4. The van der Waals surface area contributed by atoms with E-state index in [-0.39, 0.29) is 25.2 Å². The Balaban J connectivity index is 1.82. The molecule has 3 rings (SSSR count). The Morgan fingerprint density at radius 3 is 2.79 bits per heavy atom. The number of aromatic nitrogens is 1. The van der Waals surface area contributed by atoms with E-state index in [2.05, 4.69) is 10.3 Å². The Hall–Kier alpha value is -3.39. The lowest BCUT2D eigenvalue weighted by Gasteiger charge is -2.28. The van der Waals surface area contributed by atoms with Crippen LogP contribution in [-0.2, 0) is 25.6 Å². The van der Waals surface area contributed by atoms with E-state index in [4.69, 9.17) is 5.73 Å². The zero-order valence-corrected chi connectivity index (χ0v) is 18.7. The van der Waals surface area contributed by atoms with Crippen LogP contribution in [0.5, 0.6) is 0 Å². The van der Waals surface area contributed by atoms with Gasteiger partial charge in [0.2, 0.25) is 17.7 Å². The molecule has 1 aromatic carbocycles. The molecule has 3 amide bonds. The highest BCUT2D eigenvalue weighted by molar-refractivity contribution is 6.05. The second-order valence-corrected chi connectivity index (χ2v) is 8.24. The number of carbonyl (C=O) groups excluding carboxylic acids is 4. The lowest BCUT2D eigenvalue weighted by atomic mass is 10.00. The average molecular weight is 450 g/mol. The summed E-state index contributed by atoms with van der Waals surface area (Å²) in [5, 5.41) is 3.02. The van der Waals surface area contributed by atoms with Crippen LogP contribution in [-0.4, -0.2) is 52.5 Å². The molecule has 0 bridgehead atoms. The summed E-state index contributed by atoms with van der Waals surface area (Å²) in [6.45, 7) is 2.36. The van der Waals surface area contributed by atoms with E-state index in [0.29, 0.717) is 24.9 Å². The fourth-order valence-electron chi connectivity index (χ4n) is 3.76. The van der Waals surface area contributed by atoms with E-state index in [9.17, 15) is 19.2 Å². The number of nitrogens with zero attached hydrogens (tertiary/aromatic N) is 2. The Bertz CT molecular complexity index is 1010. The Morgan fingerprint density at radius 1 is 1.24 bits per heavy atom. The lowest BCUT2D eigenvalue weighted by molar-refractivity contribution is -0.149. The largest absolute Gasteiger partial charge is 0.369 e. The molecule has 8 nitrogen and oxygen atoms in total. The standard InChI is InChI=1S/C25H29N4O4/c1-17(25(26)33)10-11-23(31)29(21-9-5-12-27-16-22(21)30)24(32)15-18-6-4-7-19(14-18)20-8-2-3-13-28-20/h2-4,6-8,11,13-14,17,21,27H,5,9-10,12,15-16H2,1H3,(H2,26,33)/t17?,21-/m0/s1. The van der Waals surface area contributed by atoms with E-state index in [1.165, 1.54) is 6.42 Å². The van der Waals surface area contributed by atoms with Gasteiger partial charge < -0.3 is 11.1 Å². The molecule has 0 aliphatic carbocycles. The minimum absolute atomic E-state index is 0.0389. The molecule has 173 valence electrons. The number of primary amides is 1. The summed E-state index contributed by atoms with van der Waals surface area (Å²) in [6.07, 6.45) is 4.11. The molecule has 1 unspecified atom stereocenters. The summed E-state index contributed by atoms with van der Waals surface area (Å²) in [5.41, 5.74) is 7.64. The molecule has 2 atom stereocenters. The molecule has 1 saturated heterocycles. The first-order chi connectivity index (χ1) is 15.9. The van der Waals surface area contributed by atoms with Crippen LogP contribution < -0.4 is 11.1 Å². The first kappa shape index (κ1) is 24.3. The van der Waals surface area contributed by atoms with Crippen molar-refractivity contribution in [1.82, 2.24) is 15.2 Å². The molecule has 3 N–H and O–H groups in total. The van der Waals surface area contributed by atoms with Crippen molar-refractivity contribution >= 4 is 23.5 Å². The fourth-order valence-corrected chi connectivity index (χ4v) is 3.76. The van der Waals surface area contributed by atoms with Crippen LogP contribution in [0.25, 0.3) is 11.3 Å². The molecule has 8 heteroatoms. The third-order valence-corrected chi connectivity index (χ3v) is 5.69. The van der Waals surface area contributed by atoms with E-state index < -0.39 is 29.7 Å². The van der Waals surface area contributed by atoms with E-state index >= 15 is 0 Å². The highest BCUT2D eigenvalue weighted by Gasteiger charge is 2.35. The highest BCUT2D eigenvalue weighted by Crippen LogP contribution is 2.20. The summed E-state index contributed by atoms with van der Waals surface area (Å²) < 4.78 is 0. The Kier molecular flexibility index (Phi) is 8.43. The number of rotatable bonds is 8. The van der Waals surface area contributed by atoms with E-state index in [1.807, 2.05) is 42.5 Å². The molecule has 1 aliphatic rings. The lowest BCUT2D eigenvalue weighted by Crippen LogP contribution is -2.50. The minimum Gasteiger partial charge on any atom is -0.369 e. The van der Waals surface area contributed by atoms with Gasteiger partial charge in [-0.3, -0.25) is 29.1 Å². The zero-order chi connectivity index (χ0) is 23.8. The molecule has 2 heterocycles. The monoisotopic (exact) mass is 449 g/mol. The second kappa shape index (κ2) is 11.5. The van der Waals surface area contributed by atoms with Gasteiger partial charge in [0.25, 0.3) is 0 Å². The number of Topliss-reactive ketones (excluding diaryl/α,β-unsaturated/α-hetero) is 1. The summed E-state index contributed by atoms with van der Waals surface area (Å²) in [6, 6.07) is 12.2. The maximum atomic E-state index is 13.3. The summed E-state index contributed by atoms with van der Waals surface area (Å²) in [7, 11) is 0. The number of benzene rings is 1. The number of hydrogen-bond donors (Lipinski definition) is 2. The van der Waals surface area contributed by atoms with Gasteiger partial charge in [-0.2, -0.15) is 0 Å². The van der Waals surface area contributed by atoms with Gasteiger partial charge in [-0.15, -0.1) is 0 Å². The van der Waals surface area contributed by atoms with Crippen molar-refractivity contribution in [2.24, 2.45) is 11.7 Å². The highest BCUT2D eigenvalue weighted by atomic mass is 16.2. The van der Waals surface area contributed by atoms with Crippen LogP contribution in [0.3, 0.4) is 0 Å². The summed E-state index contributed by atoms with van der Waals surface area (Å²) in [4.78, 5) is 55.9. The number of imide groups is 1. The van der Waals surface area contributed by atoms with Gasteiger partial charge in [0, 0.05) is 17.7 Å². The van der Waals surface area contributed by atoms with Crippen LogP contribution in [0.1, 0.15) is 31.7 Å². The van der Waals surface area contributed by atoms with Gasteiger partial charge in [0.1, 0.15) is 0 Å². The van der Waals surface area contributed by atoms with Gasteiger partial charge in [0.15, 0.2) is 5.78 Å². The van der Waals surface area contributed by atoms with Crippen LogP contribution in [0.4, 0.5) is 0 Å². The van der Waals surface area contributed by atoms with E-state index in [0.717, 1.165) is 16.2 Å². The smallest absolute Gasteiger partial charge is 0.234 e. The predicted molar refractivity (Wildman–Crippen MR) is 123 cm³/mol. The number of ketones is 1. The molecular formula is C25H29N4O4. The number of nitrogens with one attached hydrogen (secondary N) is 1. The Morgan fingerprint density at radius 2 is 2.06 bits per heavy atom. The third kappa shape index (κ3) is 6.55. The molecule has 1 aliphatic heterocycles. The summed E-state index contributed by atoms with van der Waals surface area (Å²) in [5.74, 6) is -2.31. The molecule has 2 aromatic rings. The molecule has 1 fully saturated rings. The molecule has 1 radical (unpaired) electrons. The van der Waals surface area contributed by atoms with Crippen molar-refractivity contribution in [3.05, 3.63) is 60.6 Å². The zero-order valence-electron chi connectivity index (χ0n) is 18.7. The van der Waals surface area contributed by atoms with Gasteiger partial charge in [0.05, 0.1) is 31.1 Å². The van der Waals surface area contributed by atoms with Crippen LogP contribution in [0.15, 0.2) is 48.7 Å². The normalized spacial score (nSPS) is 17.1. The van der Waals surface area contributed by atoms with Crippen molar-refractivity contribution < 1.29 is 19.2 Å². The Labute approximate surface area is 193 Å². The molecule has 0 saturated carbocycles. The number of pyridine rings is 1. The van der Waals surface area contributed by atoms with Crippen molar-refractivity contribution in [2.45, 2.75) is 38.6 Å². The number of hydrogen-bond acceptors (Lipinski definition) is 6. The SMILES string of the molecule is CC(C[CH]C(=O)N(C(=O)Cc1cccc(-c2ccccn2)c1)[C@H]1CCCNCC1=O)C(N)=O. The van der Waals surface area contributed by atoms with Crippen LogP contribution in [0.2, 0.25) is 0 Å². The maximum absolute atomic E-state index is 13.3. The summed E-state index contributed by atoms with van der Waals surface area (Å²) >= 11 is 0. The molecular weight excluding hydrogens is 420 g/mol. The van der Waals surface area contributed by atoms with Gasteiger partial charge in [-0.25, -0.2) is 0 Å². The first-order valence-electron chi connectivity index (χ1n) is 11.1. The van der Waals surface area contributed by atoms with Crippen molar-refractivity contribution in [3.63, 3.8) is 0 Å². The fraction of sp³-hybridized carbons (Fsp3) is 0.360. The van der Waals surface area contributed by atoms with Crippen molar-refractivity contribution in [3.8, 4) is 11.3 Å². The second-order valence-electron chi connectivity index (χ2n) is 8.24. The first-order valence-corrected chi connectivity index (χ1v) is 11.1. The van der Waals surface area contributed by atoms with Crippen LogP contribution in [0, 0.1) is 12.3 Å². The van der Waals surface area contributed by atoms with Gasteiger partial charge >= 0.3 is 0 Å². The van der Waals surface area contributed by atoms with Gasteiger partial charge in [-0.05, 0) is 49.6 Å². The van der Waals surface area contributed by atoms with E-state index in [1.54, 1.807) is 13.1 Å². The number of amides is 3. The molecule has 1 aromatic heterocycles. The van der Waals surface area contributed by atoms with Gasteiger partial charge in [-0.1, -0.05) is 31.2 Å². The third-order valence-electron chi connectivity index (χ3n) is 5.69. The van der Waals surface area contributed by atoms with Crippen molar-refractivity contribution in [2.75, 3.05) is 13.1 Å². The predicted octanol–water partition coefficient (Wildman–Crippen LogP) is 1.68. The number of nitrogens with two attached hydrogens (primary N) is 1. The molecule has 33 heavy (non-hydrogen) atoms. The minimum atomic E-state index is -0.834. The van der Waals surface area contributed by atoms with Crippen molar-refractivity contribution in [1.29, 1.82) is 0 Å².